The molecule has 0 saturated heterocycles. The molecule has 33 heavy (non-hydrogen) atoms. The van der Waals surface area contributed by atoms with Gasteiger partial charge in [0.05, 0.1) is 5.75 Å². The van der Waals surface area contributed by atoms with Crippen LogP contribution in [0.25, 0.3) is 11.0 Å². The monoisotopic (exact) mass is 470 g/mol. The topological polar surface area (TPSA) is 138 Å². The number of aryl methyl sites for hydroxylation is 2. The van der Waals surface area contributed by atoms with Crippen molar-refractivity contribution in [2.24, 2.45) is 5.73 Å². The summed E-state index contributed by atoms with van der Waals surface area (Å²) >= 11 is 0. The Morgan fingerprint density at radius 2 is 1.82 bits per heavy atom. The van der Waals surface area contributed by atoms with Crippen molar-refractivity contribution in [3.05, 3.63) is 64.9 Å². The molecule has 9 heteroatoms. The van der Waals surface area contributed by atoms with E-state index in [1.54, 1.807) is 24.3 Å². The summed E-state index contributed by atoms with van der Waals surface area (Å²) < 4.78 is 32.4. The van der Waals surface area contributed by atoms with Gasteiger partial charge in [-0.3, -0.25) is 14.9 Å². The zero-order chi connectivity index (χ0) is 24.2. The van der Waals surface area contributed by atoms with Crippen LogP contribution in [0.1, 0.15) is 55.7 Å². The second-order valence-corrected chi connectivity index (χ2v) is 9.86. The first kappa shape index (κ1) is 24.3. The average Bonchev–Trinajstić information content (AvgIpc) is 3.19. The Bertz CT molecular complexity index is 1260. The van der Waals surface area contributed by atoms with Crippen molar-refractivity contribution in [2.75, 3.05) is 11.1 Å². The van der Waals surface area contributed by atoms with Crippen molar-refractivity contribution in [3.63, 3.8) is 0 Å². The maximum absolute atomic E-state index is 13.1. The number of carbonyl (C=O) groups excluding carboxylic acids is 1. The first-order valence-electron chi connectivity index (χ1n) is 11.0. The van der Waals surface area contributed by atoms with Gasteiger partial charge in [-0.05, 0) is 73.4 Å². The molecule has 3 rings (SSSR count). The van der Waals surface area contributed by atoms with Crippen molar-refractivity contribution in [2.45, 2.75) is 46.1 Å². The smallest absolute Gasteiger partial charge is 0.260 e. The Morgan fingerprint density at radius 3 is 2.39 bits per heavy atom. The molecule has 0 aliphatic rings. The maximum Gasteiger partial charge on any atom is 0.260 e. The van der Waals surface area contributed by atoms with Gasteiger partial charge in [-0.2, -0.15) is 0 Å². The lowest BCUT2D eigenvalue weighted by molar-refractivity contribution is -0.120. The van der Waals surface area contributed by atoms with Crippen LogP contribution in [0.15, 0.2) is 46.9 Å². The van der Waals surface area contributed by atoms with E-state index in [4.69, 9.17) is 15.6 Å². The minimum Gasteiger partial charge on any atom is -0.461 e. The normalized spacial score (nSPS) is 12.5. The van der Waals surface area contributed by atoms with Crippen molar-refractivity contribution in [1.29, 1.82) is 5.41 Å². The number of nitrogen functional groups attached to an aromatic ring is 1. The van der Waals surface area contributed by atoms with E-state index in [0.717, 1.165) is 35.1 Å². The van der Waals surface area contributed by atoms with Crippen LogP contribution in [0, 0.1) is 5.41 Å². The van der Waals surface area contributed by atoms with Gasteiger partial charge in [-0.15, -0.1) is 0 Å². The highest BCUT2D eigenvalue weighted by atomic mass is 32.2. The third kappa shape index (κ3) is 5.73. The summed E-state index contributed by atoms with van der Waals surface area (Å²) in [6.07, 6.45) is 2.46. The van der Waals surface area contributed by atoms with E-state index in [2.05, 4.69) is 17.0 Å². The van der Waals surface area contributed by atoms with Gasteiger partial charge >= 0.3 is 0 Å². The molecule has 2 aromatic carbocycles. The van der Waals surface area contributed by atoms with Crippen LogP contribution in [0.4, 0.5) is 5.69 Å². The van der Waals surface area contributed by atoms with E-state index >= 15 is 0 Å². The summed E-state index contributed by atoms with van der Waals surface area (Å²) in [6.45, 7) is 5.56. The zero-order valence-electron chi connectivity index (χ0n) is 19.1. The van der Waals surface area contributed by atoms with Crippen LogP contribution in [0.5, 0.6) is 0 Å². The summed E-state index contributed by atoms with van der Waals surface area (Å²) in [6, 6.07) is 11.5. The predicted octanol–water partition coefficient (Wildman–Crippen LogP) is 3.85. The standard InChI is InChI=1S/C24H30N4O4S/c1-4-7-20-14-18-13-17(12-15(5-2)22(18)32-20)21(24(29)28-33(30,31)6-3)27-19-10-8-16(9-11-19)23(25)26/h8-14,21,27H,4-7H2,1-3H3,(H3,25,26)(H,28,29)/t21-/m1/s1. The van der Waals surface area contributed by atoms with E-state index in [-0.39, 0.29) is 11.6 Å². The quantitative estimate of drug-likeness (QED) is 0.262. The Hall–Kier alpha value is -3.33. The van der Waals surface area contributed by atoms with Crippen LogP contribution in [-0.2, 0) is 27.7 Å². The zero-order valence-corrected chi connectivity index (χ0v) is 19.9. The van der Waals surface area contributed by atoms with Gasteiger partial charge in [0.25, 0.3) is 5.91 Å². The Labute approximate surface area is 194 Å². The molecular formula is C24H30N4O4S. The average molecular weight is 471 g/mol. The number of anilines is 1. The molecule has 3 aromatic rings. The Kier molecular flexibility index (Phi) is 7.43. The molecule has 0 aliphatic heterocycles. The van der Waals surface area contributed by atoms with Gasteiger partial charge in [-0.25, -0.2) is 8.42 Å². The molecule has 176 valence electrons. The number of fused-ring (bicyclic) bond motifs is 1. The third-order valence-electron chi connectivity index (χ3n) is 5.38. The van der Waals surface area contributed by atoms with Crippen molar-refractivity contribution in [1.82, 2.24) is 4.72 Å². The molecule has 0 unspecified atom stereocenters. The van der Waals surface area contributed by atoms with E-state index in [1.807, 2.05) is 25.1 Å². The fourth-order valence-corrected chi connectivity index (χ4v) is 4.17. The summed E-state index contributed by atoms with van der Waals surface area (Å²) in [5.74, 6) is -0.0706. The summed E-state index contributed by atoms with van der Waals surface area (Å²) in [5, 5.41) is 11.6. The number of amides is 1. The molecule has 0 aliphatic carbocycles. The predicted molar refractivity (Wildman–Crippen MR) is 131 cm³/mol. The Balaban J connectivity index is 2.06. The minimum atomic E-state index is -3.75. The SMILES string of the molecule is CCCc1cc2cc([C@@H](Nc3ccc(C(=N)N)cc3)C(=O)NS(=O)(=O)CC)cc(CC)c2o1. The lowest BCUT2D eigenvalue weighted by Gasteiger charge is -2.21. The van der Waals surface area contributed by atoms with Gasteiger partial charge in [0, 0.05) is 23.1 Å². The highest BCUT2D eigenvalue weighted by molar-refractivity contribution is 7.90. The highest BCUT2D eigenvalue weighted by Gasteiger charge is 2.26. The van der Waals surface area contributed by atoms with Crippen LogP contribution >= 0.6 is 0 Å². The molecule has 1 atom stereocenters. The van der Waals surface area contributed by atoms with Crippen LogP contribution < -0.4 is 15.8 Å². The van der Waals surface area contributed by atoms with Crippen molar-refractivity contribution < 1.29 is 17.6 Å². The number of benzene rings is 2. The molecular weight excluding hydrogens is 440 g/mol. The molecule has 1 aromatic heterocycles. The first-order chi connectivity index (χ1) is 15.7. The molecule has 5 N–H and O–H groups in total. The number of sulfonamides is 1. The lowest BCUT2D eigenvalue weighted by Crippen LogP contribution is -2.38. The molecule has 0 fully saturated rings. The fraction of sp³-hybridized carbons (Fsp3) is 0.333. The number of nitrogens with one attached hydrogen (secondary N) is 3. The van der Waals surface area contributed by atoms with Gasteiger partial charge in [0.1, 0.15) is 23.2 Å². The highest BCUT2D eigenvalue weighted by Crippen LogP contribution is 2.30. The summed E-state index contributed by atoms with van der Waals surface area (Å²) in [5.41, 5.74) is 9.01. The molecule has 0 spiro atoms. The van der Waals surface area contributed by atoms with Gasteiger partial charge < -0.3 is 15.5 Å². The number of carbonyl (C=O) groups is 1. The molecule has 8 nitrogen and oxygen atoms in total. The van der Waals surface area contributed by atoms with E-state index in [1.165, 1.54) is 6.92 Å². The molecule has 0 radical (unpaired) electrons. The number of amidine groups is 1. The molecule has 0 saturated carbocycles. The minimum absolute atomic E-state index is 0.0641. The van der Waals surface area contributed by atoms with Crippen LogP contribution in [0.3, 0.4) is 0 Å². The summed E-state index contributed by atoms with van der Waals surface area (Å²) in [4.78, 5) is 13.1. The number of nitrogens with two attached hydrogens (primary N) is 1. The first-order valence-corrected chi connectivity index (χ1v) is 12.6. The van der Waals surface area contributed by atoms with E-state index in [9.17, 15) is 13.2 Å². The number of furan rings is 1. The van der Waals surface area contributed by atoms with Gasteiger partial charge in [0.15, 0.2) is 0 Å². The molecule has 1 heterocycles. The maximum atomic E-state index is 13.1. The van der Waals surface area contributed by atoms with E-state index < -0.39 is 22.0 Å². The second-order valence-electron chi connectivity index (χ2n) is 7.85. The third-order valence-corrected chi connectivity index (χ3v) is 6.65. The van der Waals surface area contributed by atoms with E-state index in [0.29, 0.717) is 23.2 Å². The van der Waals surface area contributed by atoms with Gasteiger partial charge in [0.2, 0.25) is 10.0 Å². The number of hydrogen-bond donors (Lipinski definition) is 4. The molecule has 1 amide bonds. The van der Waals surface area contributed by atoms with Crippen LogP contribution in [0.2, 0.25) is 0 Å². The Morgan fingerprint density at radius 1 is 1.12 bits per heavy atom. The lowest BCUT2D eigenvalue weighted by atomic mass is 9.99. The van der Waals surface area contributed by atoms with Gasteiger partial charge in [-0.1, -0.05) is 13.8 Å². The second kappa shape index (κ2) is 10.1. The molecule has 0 bridgehead atoms. The fourth-order valence-electron chi connectivity index (χ4n) is 3.60. The van der Waals surface area contributed by atoms with Crippen molar-refractivity contribution >= 4 is 38.4 Å². The van der Waals surface area contributed by atoms with Crippen molar-refractivity contribution in [3.8, 4) is 0 Å². The largest absolute Gasteiger partial charge is 0.461 e. The number of hydrogen-bond acceptors (Lipinski definition) is 6. The van der Waals surface area contributed by atoms with Crippen LogP contribution in [-0.4, -0.2) is 25.9 Å². The number of rotatable bonds is 10. The summed E-state index contributed by atoms with van der Waals surface area (Å²) in [7, 11) is -3.75.